The van der Waals surface area contributed by atoms with Crippen LogP contribution in [0.15, 0.2) is 48.8 Å². The maximum Gasteiger partial charge on any atom is 0.270 e. The highest BCUT2D eigenvalue weighted by molar-refractivity contribution is 6.33. The number of alkyl halides is 2. The lowest BCUT2D eigenvalue weighted by Gasteiger charge is -2.26. The molecular formula is C29H33Cl2FN8O3. The Balaban J connectivity index is 1.70. The van der Waals surface area contributed by atoms with E-state index in [9.17, 15) is 14.0 Å². The van der Waals surface area contributed by atoms with Gasteiger partial charge >= 0.3 is 0 Å². The summed E-state index contributed by atoms with van der Waals surface area (Å²) in [6, 6.07) is 10.2. The fourth-order valence-corrected chi connectivity index (χ4v) is 4.56. The number of likely N-dealkylation sites (N-methyl/N-ethyl adjacent to an activating group) is 2. The van der Waals surface area contributed by atoms with Crippen LogP contribution >= 0.6 is 23.2 Å². The van der Waals surface area contributed by atoms with Gasteiger partial charge in [0.25, 0.3) is 11.5 Å². The van der Waals surface area contributed by atoms with Gasteiger partial charge in [0, 0.05) is 48.9 Å². The maximum atomic E-state index is 13.2. The standard InChI is InChI=1S/C29H33Cl2FN8O3/c1-16(35-28(42)26(31)32)27(41)36-21-12-22(24(43-5)13-23(21)40(4)11-10-39(2)3)37-29-34-15-19(30)25(38-29)18-14-33-20-9-7-6-8-17(18)20/h6-9,12-16,26,33H,10-11H2,1-5H3,(H,35,42)(H,36,41)(H,34,37,38)/t16-,26?/m0/s1. The molecule has 0 aliphatic heterocycles. The molecular weight excluding hydrogens is 598 g/mol. The molecule has 4 rings (SSSR count). The van der Waals surface area contributed by atoms with Crippen molar-refractivity contribution in [2.24, 2.45) is 0 Å². The molecule has 2 amide bonds. The third-order valence-corrected chi connectivity index (χ3v) is 7.13. The van der Waals surface area contributed by atoms with Crippen LogP contribution in [0.3, 0.4) is 0 Å². The average molecular weight is 632 g/mol. The van der Waals surface area contributed by atoms with Crippen molar-refractivity contribution in [3.05, 3.63) is 53.8 Å². The molecule has 4 aromatic rings. The predicted molar refractivity (Wildman–Crippen MR) is 169 cm³/mol. The third kappa shape index (κ3) is 7.64. The number of hydrogen-bond acceptors (Lipinski definition) is 8. The van der Waals surface area contributed by atoms with Crippen molar-refractivity contribution in [3.8, 4) is 17.0 Å². The number of carbonyl (C=O) groups is 2. The first-order valence-corrected chi connectivity index (χ1v) is 14.1. The number of methoxy groups -OCH3 is 1. The molecule has 1 unspecified atom stereocenters. The number of ether oxygens (including phenoxy) is 1. The molecule has 2 heterocycles. The van der Waals surface area contributed by atoms with Gasteiger partial charge in [0.2, 0.25) is 11.9 Å². The highest BCUT2D eigenvalue weighted by atomic mass is 35.5. The molecule has 0 saturated heterocycles. The average Bonchev–Trinajstić information content (AvgIpc) is 3.40. The minimum Gasteiger partial charge on any atom is -0.494 e. The largest absolute Gasteiger partial charge is 0.494 e. The quantitative estimate of drug-likeness (QED) is 0.161. The number of anilines is 4. The number of amides is 2. The van der Waals surface area contributed by atoms with E-state index in [1.807, 2.05) is 61.4 Å². The number of hydrogen-bond donors (Lipinski definition) is 4. The van der Waals surface area contributed by atoms with E-state index in [1.165, 1.54) is 20.2 Å². The summed E-state index contributed by atoms with van der Waals surface area (Å²) in [5.74, 6) is -0.976. The Kier molecular flexibility index (Phi) is 10.3. The summed E-state index contributed by atoms with van der Waals surface area (Å²) in [5, 5.41) is 9.58. The first kappa shape index (κ1) is 31.8. The SMILES string of the molecule is COc1cc(N(C)CCN(C)C)c(NC(=O)[C@H](C)NC(=O)C(F)Cl)cc1Nc1ncc(Cl)c(-c2c[nH]c3ccccc23)n1. The first-order valence-electron chi connectivity index (χ1n) is 13.3. The summed E-state index contributed by atoms with van der Waals surface area (Å²) in [7, 11) is 7.32. The van der Waals surface area contributed by atoms with Crippen LogP contribution in [0.1, 0.15) is 6.92 Å². The molecule has 2 aromatic carbocycles. The Morgan fingerprint density at radius 2 is 1.86 bits per heavy atom. The molecule has 228 valence electrons. The number of carbonyl (C=O) groups excluding carboxylic acids is 2. The lowest BCUT2D eigenvalue weighted by atomic mass is 10.1. The monoisotopic (exact) mass is 630 g/mol. The molecule has 11 nitrogen and oxygen atoms in total. The number of fused-ring (bicyclic) bond motifs is 1. The zero-order valence-electron chi connectivity index (χ0n) is 24.3. The molecule has 0 fully saturated rings. The molecule has 0 spiro atoms. The van der Waals surface area contributed by atoms with Crippen molar-refractivity contribution < 1.29 is 18.7 Å². The number of H-pyrrole nitrogens is 1. The minimum atomic E-state index is -2.27. The maximum absolute atomic E-state index is 13.2. The van der Waals surface area contributed by atoms with Crippen LogP contribution in [0.5, 0.6) is 5.75 Å². The summed E-state index contributed by atoms with van der Waals surface area (Å²) in [6.45, 7) is 2.79. The number of aromatic amines is 1. The number of nitrogens with one attached hydrogen (secondary N) is 4. The van der Waals surface area contributed by atoms with E-state index in [0.29, 0.717) is 40.1 Å². The lowest BCUT2D eigenvalue weighted by Crippen LogP contribution is -2.44. The van der Waals surface area contributed by atoms with Crippen molar-refractivity contribution in [2.75, 3.05) is 56.9 Å². The van der Waals surface area contributed by atoms with Crippen LogP contribution in [-0.4, -0.2) is 84.7 Å². The molecule has 14 heteroatoms. The van der Waals surface area contributed by atoms with E-state index in [-0.39, 0.29) is 5.95 Å². The number of nitrogens with zero attached hydrogens (tertiary/aromatic N) is 4. The molecule has 0 bridgehead atoms. The van der Waals surface area contributed by atoms with E-state index in [4.69, 9.17) is 27.9 Å². The Bertz CT molecular complexity index is 1610. The van der Waals surface area contributed by atoms with Crippen LogP contribution in [0, 0.1) is 0 Å². The highest BCUT2D eigenvalue weighted by Gasteiger charge is 2.23. The Labute approximate surface area is 258 Å². The van der Waals surface area contributed by atoms with Gasteiger partial charge in [-0.15, -0.1) is 0 Å². The fraction of sp³-hybridized carbons (Fsp3) is 0.310. The zero-order chi connectivity index (χ0) is 31.3. The number of halogens is 3. The van der Waals surface area contributed by atoms with Gasteiger partial charge in [-0.3, -0.25) is 9.59 Å². The third-order valence-electron chi connectivity index (χ3n) is 6.65. The smallest absolute Gasteiger partial charge is 0.270 e. The summed E-state index contributed by atoms with van der Waals surface area (Å²) >= 11 is 11.7. The Morgan fingerprint density at radius 1 is 1.12 bits per heavy atom. The van der Waals surface area contributed by atoms with E-state index in [1.54, 1.807) is 12.1 Å². The highest BCUT2D eigenvalue weighted by Crippen LogP contribution is 2.39. The lowest BCUT2D eigenvalue weighted by molar-refractivity contribution is -0.127. The number of para-hydroxylation sites is 1. The Morgan fingerprint density at radius 3 is 2.56 bits per heavy atom. The molecule has 2 aromatic heterocycles. The molecule has 0 aliphatic rings. The molecule has 0 radical (unpaired) electrons. The van der Waals surface area contributed by atoms with Gasteiger partial charge < -0.3 is 35.5 Å². The molecule has 4 N–H and O–H groups in total. The van der Waals surface area contributed by atoms with Crippen LogP contribution in [0.2, 0.25) is 5.02 Å². The minimum absolute atomic E-state index is 0.241. The Hall–Kier alpha value is -4.13. The second-order valence-corrected chi connectivity index (χ2v) is 10.9. The van der Waals surface area contributed by atoms with E-state index < -0.39 is 23.5 Å². The van der Waals surface area contributed by atoms with Gasteiger partial charge in [-0.2, -0.15) is 0 Å². The summed E-state index contributed by atoms with van der Waals surface area (Å²) in [5.41, 5.74) is 1.52. The number of rotatable bonds is 12. The van der Waals surface area contributed by atoms with Crippen molar-refractivity contribution in [1.82, 2.24) is 25.2 Å². The van der Waals surface area contributed by atoms with Crippen molar-refractivity contribution in [1.29, 1.82) is 0 Å². The molecule has 43 heavy (non-hydrogen) atoms. The predicted octanol–water partition coefficient (Wildman–Crippen LogP) is 5.01. The van der Waals surface area contributed by atoms with Crippen molar-refractivity contribution >= 4 is 68.9 Å². The van der Waals surface area contributed by atoms with Crippen LogP contribution in [0.25, 0.3) is 22.2 Å². The van der Waals surface area contributed by atoms with Crippen molar-refractivity contribution in [2.45, 2.75) is 18.6 Å². The second-order valence-electron chi connectivity index (χ2n) is 10.1. The first-order chi connectivity index (χ1) is 20.5. The fourth-order valence-electron chi connectivity index (χ4n) is 4.31. The zero-order valence-corrected chi connectivity index (χ0v) is 25.8. The summed E-state index contributed by atoms with van der Waals surface area (Å²) in [6.07, 6.45) is 3.34. The summed E-state index contributed by atoms with van der Waals surface area (Å²) in [4.78, 5) is 41.0. The van der Waals surface area contributed by atoms with E-state index in [2.05, 4.69) is 30.9 Å². The van der Waals surface area contributed by atoms with Crippen LogP contribution in [-0.2, 0) is 9.59 Å². The van der Waals surface area contributed by atoms with Gasteiger partial charge in [0.1, 0.15) is 11.8 Å². The van der Waals surface area contributed by atoms with Gasteiger partial charge in [-0.25, -0.2) is 14.4 Å². The van der Waals surface area contributed by atoms with Gasteiger partial charge in [0.05, 0.1) is 41.1 Å². The van der Waals surface area contributed by atoms with Crippen LogP contribution in [0.4, 0.5) is 27.4 Å². The number of aromatic nitrogens is 3. The molecule has 0 saturated carbocycles. The molecule has 0 aliphatic carbocycles. The van der Waals surface area contributed by atoms with Gasteiger partial charge in [0.15, 0.2) is 0 Å². The van der Waals surface area contributed by atoms with Gasteiger partial charge in [-0.05, 0) is 33.2 Å². The molecule has 2 atom stereocenters. The summed E-state index contributed by atoms with van der Waals surface area (Å²) < 4.78 is 18.9. The topological polar surface area (TPSA) is 128 Å². The van der Waals surface area contributed by atoms with E-state index >= 15 is 0 Å². The van der Waals surface area contributed by atoms with Gasteiger partial charge in [-0.1, -0.05) is 41.4 Å². The van der Waals surface area contributed by atoms with E-state index in [0.717, 1.165) is 23.0 Å². The van der Waals surface area contributed by atoms with Crippen LogP contribution < -0.4 is 25.6 Å². The normalized spacial score (nSPS) is 12.6. The second kappa shape index (κ2) is 13.9. The van der Waals surface area contributed by atoms with Crippen molar-refractivity contribution in [3.63, 3.8) is 0 Å². The number of benzene rings is 2.